The number of thioether (sulfide) groups is 1. The van der Waals surface area contributed by atoms with Crippen molar-refractivity contribution in [2.75, 3.05) is 22.5 Å². The number of carbonyl (C=O) groups excluding carboxylic acids is 2. The monoisotopic (exact) mass is 369 g/mol. The summed E-state index contributed by atoms with van der Waals surface area (Å²) in [6.45, 7) is 6.50. The lowest BCUT2D eigenvalue weighted by Crippen LogP contribution is -2.29. The Bertz CT molecular complexity index is 838. The first kappa shape index (κ1) is 18.3. The van der Waals surface area contributed by atoms with E-state index < -0.39 is 0 Å². The third kappa shape index (κ3) is 3.85. The molecule has 0 spiro atoms. The molecule has 136 valence electrons. The molecule has 1 heterocycles. The van der Waals surface area contributed by atoms with Crippen LogP contribution in [0.2, 0.25) is 0 Å². The molecule has 6 heteroatoms. The van der Waals surface area contributed by atoms with Crippen LogP contribution in [0.15, 0.2) is 42.5 Å². The predicted molar refractivity (Wildman–Crippen MR) is 108 cm³/mol. The zero-order chi connectivity index (χ0) is 18.7. The quantitative estimate of drug-likeness (QED) is 0.848. The molecule has 0 radical (unpaired) electrons. The molecule has 0 bridgehead atoms. The highest BCUT2D eigenvalue weighted by Crippen LogP contribution is 2.43. The van der Waals surface area contributed by atoms with Crippen molar-refractivity contribution < 1.29 is 9.59 Å². The van der Waals surface area contributed by atoms with Gasteiger partial charge in [-0.2, -0.15) is 0 Å². The summed E-state index contributed by atoms with van der Waals surface area (Å²) in [5.74, 6) is 0.558. The first-order chi connectivity index (χ1) is 12.5. The molecule has 26 heavy (non-hydrogen) atoms. The average molecular weight is 369 g/mol. The van der Waals surface area contributed by atoms with Gasteiger partial charge >= 0.3 is 6.03 Å². The number of rotatable bonds is 4. The van der Waals surface area contributed by atoms with E-state index in [9.17, 15) is 9.59 Å². The Labute approximate surface area is 158 Å². The Morgan fingerprint density at radius 3 is 2.81 bits per heavy atom. The van der Waals surface area contributed by atoms with Crippen molar-refractivity contribution in [3.05, 3.63) is 59.2 Å². The van der Waals surface area contributed by atoms with E-state index in [2.05, 4.69) is 22.8 Å². The van der Waals surface area contributed by atoms with Crippen LogP contribution in [0.4, 0.5) is 16.2 Å². The van der Waals surface area contributed by atoms with E-state index in [1.807, 2.05) is 56.0 Å². The minimum absolute atomic E-state index is 0.0982. The molecule has 2 aromatic carbocycles. The topological polar surface area (TPSA) is 61.4 Å². The van der Waals surface area contributed by atoms with Crippen LogP contribution in [0.5, 0.6) is 0 Å². The average Bonchev–Trinajstić information content (AvgIpc) is 2.99. The lowest BCUT2D eigenvalue weighted by molar-refractivity contribution is -0.115. The van der Waals surface area contributed by atoms with Crippen molar-refractivity contribution in [1.82, 2.24) is 5.32 Å². The third-order valence-corrected chi connectivity index (χ3v) is 5.47. The van der Waals surface area contributed by atoms with Gasteiger partial charge in [-0.3, -0.25) is 9.69 Å². The summed E-state index contributed by atoms with van der Waals surface area (Å²) in [5.41, 5.74) is 4.87. The summed E-state index contributed by atoms with van der Waals surface area (Å²) in [6.07, 6.45) is 0. The van der Waals surface area contributed by atoms with Crippen LogP contribution < -0.4 is 15.5 Å². The molecular weight excluding hydrogens is 346 g/mol. The van der Waals surface area contributed by atoms with Crippen molar-refractivity contribution >= 4 is 35.1 Å². The summed E-state index contributed by atoms with van der Waals surface area (Å²) < 4.78 is 0. The lowest BCUT2D eigenvalue weighted by Gasteiger charge is -2.26. The summed E-state index contributed by atoms with van der Waals surface area (Å²) in [7, 11) is 0. The van der Waals surface area contributed by atoms with E-state index in [0.717, 1.165) is 22.4 Å². The van der Waals surface area contributed by atoms with Gasteiger partial charge in [-0.25, -0.2) is 4.79 Å². The molecule has 3 amide bonds. The van der Waals surface area contributed by atoms with E-state index in [-0.39, 0.29) is 17.3 Å². The van der Waals surface area contributed by atoms with E-state index in [4.69, 9.17) is 0 Å². The number of benzene rings is 2. The molecule has 0 aromatic heterocycles. The van der Waals surface area contributed by atoms with E-state index in [0.29, 0.717) is 18.0 Å². The molecule has 2 N–H and O–H groups in total. The molecule has 0 unspecified atom stereocenters. The van der Waals surface area contributed by atoms with Crippen molar-refractivity contribution in [1.29, 1.82) is 0 Å². The Balaban J connectivity index is 1.91. The standard InChI is InChI=1S/C20H23N3O2S/c1-4-21-20(25)22-16-7-5-6-15(11-16)19-23(18(24)12-26-19)17-10-13(2)8-9-14(17)3/h5-11,19H,4,12H2,1-3H3,(H2,21,22,25)/t19-/m1/s1. The van der Waals surface area contributed by atoms with Gasteiger partial charge in [0.25, 0.3) is 0 Å². The second-order valence-corrected chi connectivity index (χ2v) is 7.40. The number of hydrogen-bond donors (Lipinski definition) is 2. The minimum atomic E-state index is -0.230. The highest BCUT2D eigenvalue weighted by atomic mass is 32.2. The van der Waals surface area contributed by atoms with Crippen LogP contribution >= 0.6 is 11.8 Å². The summed E-state index contributed by atoms with van der Waals surface area (Å²) in [6, 6.07) is 13.6. The molecule has 1 aliphatic rings. The summed E-state index contributed by atoms with van der Waals surface area (Å²) in [5, 5.41) is 5.45. The van der Waals surface area contributed by atoms with Crippen molar-refractivity contribution in [3.8, 4) is 0 Å². The smallest absolute Gasteiger partial charge is 0.319 e. The fourth-order valence-corrected chi connectivity index (χ4v) is 4.17. The van der Waals surface area contributed by atoms with Gasteiger partial charge < -0.3 is 10.6 Å². The molecule has 0 saturated carbocycles. The zero-order valence-electron chi connectivity index (χ0n) is 15.2. The van der Waals surface area contributed by atoms with Crippen LogP contribution in [-0.4, -0.2) is 24.2 Å². The van der Waals surface area contributed by atoms with E-state index >= 15 is 0 Å². The Kier molecular flexibility index (Phi) is 5.52. The van der Waals surface area contributed by atoms with Gasteiger partial charge in [0.15, 0.2) is 0 Å². The SMILES string of the molecule is CCNC(=O)Nc1cccc([C@H]2SCC(=O)N2c2cc(C)ccc2C)c1. The first-order valence-electron chi connectivity index (χ1n) is 8.65. The molecule has 3 rings (SSSR count). The van der Waals surface area contributed by atoms with Gasteiger partial charge in [0.1, 0.15) is 5.37 Å². The highest BCUT2D eigenvalue weighted by Gasteiger charge is 2.34. The second kappa shape index (κ2) is 7.83. The third-order valence-electron chi connectivity index (χ3n) is 4.26. The number of urea groups is 1. The van der Waals surface area contributed by atoms with Crippen LogP contribution in [0.3, 0.4) is 0 Å². The number of anilines is 2. The largest absolute Gasteiger partial charge is 0.338 e. The molecule has 1 atom stereocenters. The zero-order valence-corrected chi connectivity index (χ0v) is 16.0. The number of hydrogen-bond acceptors (Lipinski definition) is 3. The Morgan fingerprint density at radius 1 is 1.23 bits per heavy atom. The molecule has 1 fully saturated rings. The lowest BCUT2D eigenvalue weighted by atomic mass is 10.1. The van der Waals surface area contributed by atoms with E-state index in [1.165, 1.54) is 0 Å². The van der Waals surface area contributed by atoms with Gasteiger partial charge in [0, 0.05) is 17.9 Å². The Morgan fingerprint density at radius 2 is 2.04 bits per heavy atom. The van der Waals surface area contributed by atoms with Crippen LogP contribution in [0.1, 0.15) is 29.0 Å². The summed E-state index contributed by atoms with van der Waals surface area (Å²) >= 11 is 1.61. The van der Waals surface area contributed by atoms with Crippen molar-refractivity contribution in [2.45, 2.75) is 26.1 Å². The Hall–Kier alpha value is -2.47. The van der Waals surface area contributed by atoms with E-state index in [1.54, 1.807) is 11.8 Å². The van der Waals surface area contributed by atoms with Crippen LogP contribution in [0, 0.1) is 13.8 Å². The summed E-state index contributed by atoms with van der Waals surface area (Å²) in [4.78, 5) is 26.2. The molecule has 0 aliphatic carbocycles. The number of aryl methyl sites for hydroxylation is 2. The number of amides is 3. The number of carbonyl (C=O) groups is 2. The highest BCUT2D eigenvalue weighted by molar-refractivity contribution is 8.00. The fraction of sp³-hybridized carbons (Fsp3) is 0.300. The minimum Gasteiger partial charge on any atom is -0.338 e. The first-order valence-corrected chi connectivity index (χ1v) is 9.70. The molecule has 2 aromatic rings. The fourth-order valence-electron chi connectivity index (χ4n) is 3.02. The maximum Gasteiger partial charge on any atom is 0.319 e. The second-order valence-electron chi connectivity index (χ2n) is 6.33. The van der Waals surface area contributed by atoms with Gasteiger partial charge in [-0.1, -0.05) is 24.3 Å². The molecular formula is C20H23N3O2S. The van der Waals surface area contributed by atoms with Crippen LogP contribution in [0.25, 0.3) is 0 Å². The molecule has 1 aliphatic heterocycles. The van der Waals surface area contributed by atoms with Crippen molar-refractivity contribution in [2.24, 2.45) is 0 Å². The molecule has 1 saturated heterocycles. The van der Waals surface area contributed by atoms with Gasteiger partial charge in [0.2, 0.25) is 5.91 Å². The van der Waals surface area contributed by atoms with Crippen molar-refractivity contribution in [3.63, 3.8) is 0 Å². The van der Waals surface area contributed by atoms with Gasteiger partial charge in [0.05, 0.1) is 5.75 Å². The van der Waals surface area contributed by atoms with Crippen LogP contribution in [-0.2, 0) is 4.79 Å². The van der Waals surface area contributed by atoms with Gasteiger partial charge in [-0.05, 0) is 55.7 Å². The van der Waals surface area contributed by atoms with Gasteiger partial charge in [-0.15, -0.1) is 11.8 Å². The predicted octanol–water partition coefficient (Wildman–Crippen LogP) is 4.22. The molecule has 5 nitrogen and oxygen atoms in total. The number of nitrogens with zero attached hydrogens (tertiary/aromatic N) is 1. The maximum atomic E-state index is 12.6. The number of nitrogens with one attached hydrogen (secondary N) is 2. The maximum absolute atomic E-state index is 12.6. The normalized spacial score (nSPS) is 16.7.